The van der Waals surface area contributed by atoms with Gasteiger partial charge in [-0.05, 0) is 100 Å². The van der Waals surface area contributed by atoms with Crippen molar-refractivity contribution in [1.82, 2.24) is 15.0 Å². The molecule has 0 aliphatic carbocycles. The molecule has 0 aliphatic heterocycles. The summed E-state index contributed by atoms with van der Waals surface area (Å²) < 4.78 is 51.1. The van der Waals surface area contributed by atoms with Crippen LogP contribution in [0.2, 0.25) is 0 Å². The summed E-state index contributed by atoms with van der Waals surface area (Å²) in [6.07, 6.45) is 0. The van der Waals surface area contributed by atoms with Gasteiger partial charge in [0.15, 0.2) is 10.8 Å². The highest BCUT2D eigenvalue weighted by atomic mass is 32.2. The molecule has 0 amide bonds. The van der Waals surface area contributed by atoms with Gasteiger partial charge in [0.05, 0.1) is 17.0 Å². The fourth-order valence-corrected chi connectivity index (χ4v) is 7.85. The molecule has 3 heterocycles. The van der Waals surface area contributed by atoms with Gasteiger partial charge in [-0.1, -0.05) is 102 Å². The number of sulfone groups is 1. The van der Waals surface area contributed by atoms with Crippen molar-refractivity contribution in [3.63, 3.8) is 0 Å². The molecule has 7 aromatic rings. The molecular formula is C48H44FN3O7S. The van der Waals surface area contributed by atoms with Crippen LogP contribution in [0, 0.1) is 47.5 Å². The number of carboxylic acids is 1. The predicted octanol–water partition coefficient (Wildman–Crippen LogP) is 11.1. The van der Waals surface area contributed by atoms with Crippen LogP contribution in [0.3, 0.4) is 0 Å². The molecule has 0 fully saturated rings. The van der Waals surface area contributed by atoms with Gasteiger partial charge in [0.25, 0.3) is 0 Å². The van der Waals surface area contributed by atoms with Crippen molar-refractivity contribution in [1.29, 1.82) is 0 Å². The van der Waals surface area contributed by atoms with Gasteiger partial charge in [-0.15, -0.1) is 0 Å². The molecule has 0 atom stereocenters. The van der Waals surface area contributed by atoms with E-state index in [1.54, 1.807) is 12.1 Å². The Hall–Kier alpha value is -7.05. The number of carbonyl (C=O) groups excluding carboxylic acids is 1. The minimum Gasteiger partial charge on any atom is -0.477 e. The average molecular weight is 826 g/mol. The summed E-state index contributed by atoms with van der Waals surface area (Å²) in [5.41, 5.74) is 8.78. The normalized spacial score (nSPS) is 11.0. The Labute approximate surface area is 349 Å². The second-order valence-electron chi connectivity index (χ2n) is 14.3. The number of ketones is 1. The first-order valence-corrected chi connectivity index (χ1v) is 20.5. The third kappa shape index (κ3) is 10.1. The van der Waals surface area contributed by atoms with E-state index < -0.39 is 38.3 Å². The first kappa shape index (κ1) is 42.6. The summed E-state index contributed by atoms with van der Waals surface area (Å²) in [6.45, 7) is 11.6. The monoisotopic (exact) mass is 825 g/mol. The lowest BCUT2D eigenvalue weighted by Gasteiger charge is -2.15. The Morgan fingerprint density at radius 1 is 0.583 bits per heavy atom. The van der Waals surface area contributed by atoms with Gasteiger partial charge in [0, 0.05) is 12.6 Å². The first-order chi connectivity index (χ1) is 28.6. The molecule has 4 aromatic carbocycles. The Morgan fingerprint density at radius 3 is 1.45 bits per heavy atom. The minimum atomic E-state index is -4.19. The van der Waals surface area contributed by atoms with Gasteiger partial charge in [0.2, 0.25) is 27.5 Å². The lowest BCUT2D eigenvalue weighted by Crippen LogP contribution is -2.19. The minimum absolute atomic E-state index is 0. The van der Waals surface area contributed by atoms with E-state index in [4.69, 9.17) is 9.47 Å². The van der Waals surface area contributed by atoms with Gasteiger partial charge < -0.3 is 14.6 Å². The van der Waals surface area contributed by atoms with Crippen LogP contribution in [-0.2, 0) is 9.84 Å². The summed E-state index contributed by atoms with van der Waals surface area (Å²) in [6, 6.07) is 36.6. The van der Waals surface area contributed by atoms with Crippen LogP contribution in [0.15, 0.2) is 132 Å². The van der Waals surface area contributed by atoms with Crippen molar-refractivity contribution in [3.05, 3.63) is 178 Å². The smallest absolute Gasteiger partial charge is 0.341 e. The average Bonchev–Trinajstić information content (AvgIpc) is 3.21. The van der Waals surface area contributed by atoms with E-state index in [9.17, 15) is 27.5 Å². The highest BCUT2D eigenvalue weighted by Gasteiger charge is 2.26. The van der Waals surface area contributed by atoms with Crippen LogP contribution < -0.4 is 9.47 Å². The third-order valence-corrected chi connectivity index (χ3v) is 10.8. The molecule has 306 valence electrons. The lowest BCUT2D eigenvalue weighted by molar-refractivity contribution is 0.0693. The second kappa shape index (κ2) is 18.3. The number of hydrogen-bond donors (Lipinski definition) is 1. The third-order valence-electron chi connectivity index (χ3n) is 9.33. The number of carboxylic acid groups (broad SMARTS) is 1. The van der Waals surface area contributed by atoms with Crippen LogP contribution in [0.1, 0.15) is 55.5 Å². The number of aromatic carboxylic acids is 1. The maximum absolute atomic E-state index is 13.5. The summed E-state index contributed by atoms with van der Waals surface area (Å²) in [5, 5.41) is 8.96. The van der Waals surface area contributed by atoms with E-state index in [1.807, 2.05) is 126 Å². The van der Waals surface area contributed by atoms with Gasteiger partial charge in [-0.3, -0.25) is 4.79 Å². The Bertz CT molecular complexity index is 2790. The van der Waals surface area contributed by atoms with Crippen molar-refractivity contribution in [2.75, 3.05) is 5.75 Å². The zero-order chi connectivity index (χ0) is 43.1. The lowest BCUT2D eigenvalue weighted by atomic mass is 10.1. The van der Waals surface area contributed by atoms with Crippen molar-refractivity contribution in [2.45, 2.75) is 46.6 Å². The number of Topliss-reactive ketones (excluding diaryl/α,β-unsaturated/α-hetero) is 1. The topological polar surface area (TPSA) is 146 Å². The van der Waals surface area contributed by atoms with Crippen LogP contribution in [0.5, 0.6) is 23.3 Å². The molecule has 0 radical (unpaired) electrons. The second-order valence-corrected chi connectivity index (χ2v) is 16.2. The highest BCUT2D eigenvalue weighted by molar-refractivity contribution is 7.92. The van der Waals surface area contributed by atoms with E-state index in [-0.39, 0.29) is 24.3 Å². The number of ether oxygens (including phenoxy) is 2. The summed E-state index contributed by atoms with van der Waals surface area (Å²) in [5.74, 6) is -2.37. The molecule has 3 aromatic heterocycles. The maximum atomic E-state index is 13.5. The summed E-state index contributed by atoms with van der Waals surface area (Å²) in [7, 11) is -4.19. The highest BCUT2D eigenvalue weighted by Crippen LogP contribution is 2.34. The first-order valence-electron chi connectivity index (χ1n) is 18.9. The van der Waals surface area contributed by atoms with Crippen LogP contribution in [-0.4, -0.2) is 46.0 Å². The van der Waals surface area contributed by atoms with Gasteiger partial charge in [-0.25, -0.2) is 28.2 Å². The number of halogens is 1. The van der Waals surface area contributed by atoms with Crippen LogP contribution >= 0.6 is 0 Å². The van der Waals surface area contributed by atoms with Crippen molar-refractivity contribution in [2.24, 2.45) is 0 Å². The molecule has 12 heteroatoms. The molecule has 0 saturated heterocycles. The van der Waals surface area contributed by atoms with Crippen LogP contribution in [0.4, 0.5) is 4.39 Å². The number of pyridine rings is 3. The Morgan fingerprint density at radius 2 is 1.02 bits per heavy atom. The van der Waals surface area contributed by atoms with Crippen molar-refractivity contribution in [3.8, 4) is 45.8 Å². The molecule has 0 bridgehead atoms. The van der Waals surface area contributed by atoms with Gasteiger partial charge in [0.1, 0.15) is 22.8 Å². The van der Waals surface area contributed by atoms with Crippen molar-refractivity contribution >= 4 is 21.6 Å². The Kier molecular flexibility index (Phi) is 12.9. The number of carbonyl (C=O) groups is 2. The fraction of sp³-hybridized carbons (Fsp3) is 0.146. The molecule has 0 unspecified atom stereocenters. The van der Waals surface area contributed by atoms with Crippen LogP contribution in [0.25, 0.3) is 22.5 Å². The molecule has 0 spiro atoms. The Balaban J connectivity index is 0.000000240. The molecule has 1 N–H and O–H groups in total. The molecule has 0 aliphatic rings. The van der Waals surface area contributed by atoms with Gasteiger partial charge >= 0.3 is 5.97 Å². The van der Waals surface area contributed by atoms with E-state index in [0.29, 0.717) is 22.9 Å². The largest absolute Gasteiger partial charge is 0.477 e. The fourth-order valence-electron chi connectivity index (χ4n) is 6.69. The number of benzene rings is 4. The molecule has 7 rings (SSSR count). The zero-order valence-corrected chi connectivity index (χ0v) is 34.7. The number of nitrogens with zero attached hydrogens (tertiary/aromatic N) is 3. The zero-order valence-electron chi connectivity index (χ0n) is 33.9. The number of aryl methyl sites for hydroxylation is 6. The van der Waals surface area contributed by atoms with E-state index >= 15 is 0 Å². The standard InChI is InChI=1S/C27H23FN2O4S.C21H19NO3.H2/c1-17-14-18(2)26(19(3)15-17)34-27-21(12-13-22(29-27)20-8-5-4-6-9-20)23(31)16-35(32,33)25-11-7-10-24(28)30-25;1-13-11-14(2)19(15(3)12-13)25-20-17(21(23)24)9-10-18(22-20)16-7-5-4-6-8-16;/h4-15H,16H2,1-3H3;4-12H,1-3H3,(H,23,24);1H. The van der Waals surface area contributed by atoms with E-state index in [1.165, 1.54) is 18.2 Å². The van der Waals surface area contributed by atoms with Gasteiger partial charge in [-0.2, -0.15) is 4.39 Å². The SMILES string of the molecule is Cc1cc(C)c(Oc2nc(-c3ccccc3)ccc2C(=O)CS(=O)(=O)c2cccc(F)n2)c(C)c1.Cc1cc(C)c(Oc2nc(-c3ccccc3)ccc2C(=O)O)c(C)c1.[HH]. The summed E-state index contributed by atoms with van der Waals surface area (Å²) in [4.78, 5) is 37.2. The molecule has 10 nitrogen and oxygen atoms in total. The number of aromatic nitrogens is 3. The van der Waals surface area contributed by atoms with E-state index in [2.05, 4.69) is 15.0 Å². The maximum Gasteiger partial charge on any atom is 0.341 e. The quantitative estimate of drug-likeness (QED) is 0.0987. The summed E-state index contributed by atoms with van der Waals surface area (Å²) >= 11 is 0. The predicted molar refractivity (Wildman–Crippen MR) is 230 cm³/mol. The number of hydrogen-bond acceptors (Lipinski definition) is 9. The molecule has 60 heavy (non-hydrogen) atoms. The molecule has 0 saturated carbocycles. The number of rotatable bonds is 11. The molecular weight excluding hydrogens is 782 g/mol. The van der Waals surface area contributed by atoms with E-state index in [0.717, 1.165) is 56.6 Å². The van der Waals surface area contributed by atoms with Crippen molar-refractivity contribution < 1.29 is 38.4 Å².